The van der Waals surface area contributed by atoms with E-state index in [9.17, 15) is 0 Å². The van der Waals surface area contributed by atoms with Gasteiger partial charge in [0.2, 0.25) is 0 Å². The molecule has 0 saturated heterocycles. The molecule has 0 heterocycles. The predicted octanol–water partition coefficient (Wildman–Crippen LogP) is -129. The summed E-state index contributed by atoms with van der Waals surface area (Å²) in [6.07, 6.45) is 0. The molecule has 0 aliphatic rings. The van der Waals surface area contributed by atoms with Crippen molar-refractivity contribution in [3.63, 3.8) is 0 Å². The molecule has 0 bridgehead atoms. The van der Waals surface area contributed by atoms with Gasteiger partial charge in [0.25, 0.3) is 0 Å². The Labute approximate surface area is 1120 Å². The minimum absolute atomic E-state index is 0. The third-order valence-corrected chi connectivity index (χ3v) is 0. The summed E-state index contributed by atoms with van der Waals surface area (Å²) in [6.45, 7) is 0. The molecule has 0 rings (SSSR count). The Kier molecular flexibility index (Phi) is 764000. The Hall–Kier alpha value is 16.0. The smallest absolute Gasteiger partial charge is 0.870 e. The van der Waals surface area contributed by atoms with Crippen LogP contribution in [0.1, 0.15) is 0 Å². The predicted molar refractivity (Wildman–Crippen MR) is 328 cm³/mol. The van der Waals surface area contributed by atoms with Gasteiger partial charge in [-0.2, -0.15) is 0 Å². The molecule has 0 aromatic rings. The molecule has 0 radical (unpaired) electrons. The minimum Gasteiger partial charge on any atom is -0.870 e. The molecule has 0 aromatic carbocycles. The summed E-state index contributed by atoms with van der Waals surface area (Å²) in [5.74, 6) is 0. The average molecular weight is 2240 g/mol. The summed E-state index contributed by atoms with van der Waals surface area (Å²) in [4.78, 5) is 0. The molecule has 0 fully saturated rings. The molecule has 0 aliphatic heterocycles. The van der Waals surface area contributed by atoms with E-state index in [1.165, 1.54) is 0 Å². The normalized spacial score (nSPS) is 0. The van der Waals surface area contributed by atoms with Gasteiger partial charge in [-0.25, -0.2) is 0 Å². The van der Waals surface area contributed by atoms with E-state index < -0.39 is 0 Å². The summed E-state index contributed by atoms with van der Waals surface area (Å²) in [5, 5.41) is 0. The Morgan fingerprint density at radius 2 is 0.0250 bits per heavy atom. The molecule has 120 heavy (non-hydrogen) atoms. The number of hydrogen-bond acceptors (Lipinski definition) is 20. The maximum atomic E-state index is 0. The first-order valence-electron chi connectivity index (χ1n) is 0. The summed E-state index contributed by atoms with van der Waals surface area (Å²) in [6, 6.07) is 0. The van der Waals surface area contributed by atoms with Gasteiger partial charge < -0.3 is 548 Å². The molecule has 120 heteroatoms. The first kappa shape index (κ1) is 9680. The van der Waals surface area contributed by atoms with Crippen LogP contribution in [0.25, 0.3) is 0 Å². The second-order valence-corrected chi connectivity index (χ2v) is 0. The molecule has 800 valence electrons. The third kappa shape index (κ3) is 9260. The fraction of sp³-hybridized carbons (Fsp3) is 0. The van der Waals surface area contributed by atoms with E-state index in [1.54, 1.807) is 0 Å². The van der Waals surface area contributed by atoms with Gasteiger partial charge in [0, 0.05) is 0 Å². The zero-order chi connectivity index (χ0) is 0. The molecule has 0 amide bonds. The van der Waals surface area contributed by atoms with Crippen LogP contribution in [-0.4, -0.2) is 548 Å². The Bertz CT molecular complexity index is 78.0. The van der Waals surface area contributed by atoms with Crippen LogP contribution in [0.4, 0.5) is 0 Å². The van der Waals surface area contributed by atoms with Gasteiger partial charge >= 0.3 is 591 Å². The molecule has 0 spiro atoms. The van der Waals surface area contributed by atoms with Gasteiger partial charge in [-0.1, -0.05) is 0 Å². The van der Waals surface area contributed by atoms with Gasteiger partial charge in [-0.15, -0.1) is 0 Å². The van der Waals surface area contributed by atoms with E-state index in [0.717, 1.165) is 0 Å². The van der Waals surface area contributed by atoms with E-state index in [1.807, 2.05) is 0 Å². The van der Waals surface area contributed by atoms with E-state index in [-0.39, 0.29) is 1140 Å². The Morgan fingerprint density at radius 3 is 0.0250 bits per heavy atom. The second kappa shape index (κ2) is 9470. The van der Waals surface area contributed by atoms with Gasteiger partial charge in [0.05, 0.1) is 0 Å². The van der Waals surface area contributed by atoms with Crippen LogP contribution in [0.5, 0.6) is 0 Å². The van der Waals surface area contributed by atoms with Crippen LogP contribution in [-0.2, 0) is 0 Å². The summed E-state index contributed by atoms with van der Waals surface area (Å²) in [7, 11) is 0. The van der Waals surface area contributed by atoms with Crippen molar-refractivity contribution in [3.05, 3.63) is 0 Å². The van der Waals surface area contributed by atoms with E-state index >= 15 is 0 Å². The number of rotatable bonds is 0. The topological polar surface area (TPSA) is 3120 Å². The van der Waals surface area contributed by atoms with E-state index in [2.05, 4.69) is 0 Å². The fourth-order valence-electron chi connectivity index (χ4n) is 0. The van der Waals surface area contributed by atoms with Crippen LogP contribution in [0, 0.1) is 0 Å². The first-order chi connectivity index (χ1) is 0. The SMILES string of the molecule is O.O.O.O.O.O.O.O.O.O.O.O.O.O.O.O.O.O.O.O.O.O.O.O.O.O.O.O.O.O.O.O.O.O.O.O.O.O.O.O.O.O.O.O.O.O.O.O.O.O.O.O.O.O.O.O.O.O.O.O.O.O.O.O.O.O.O.O.O.O.O.O.O.O.O.O.O.O.O.O.[Na+].[Na+].[Na+].[Na+].[Na+].[Na+].[Na+].[Na+].[Na+].[Na+].[Na+].[Na+].[Na+].[Na+].[Na+].[Na+].[Na+].[Na+].[Na+].[Na+].[OH-].[OH-].[OH-].[OH-].[OH-].[OH-].[OH-].[OH-].[OH-].[OH-].[OH-].[OH-].[OH-].[OH-].[OH-].[OH-].[OH-].[OH-].[OH-].[OH-]. The monoisotopic (exact) mass is 2240 g/mol. The van der Waals surface area contributed by atoms with Crippen molar-refractivity contribution in [1.82, 2.24) is 0 Å². The summed E-state index contributed by atoms with van der Waals surface area (Å²) >= 11 is 0. The van der Waals surface area contributed by atoms with Crippen molar-refractivity contribution in [2.75, 3.05) is 0 Å². The van der Waals surface area contributed by atoms with Crippen molar-refractivity contribution in [3.8, 4) is 0 Å². The maximum Gasteiger partial charge on any atom is 1.00 e. The molecule has 0 aromatic heterocycles. The molecule has 0 aliphatic carbocycles. The first-order valence-corrected chi connectivity index (χ1v) is 0. The molecule has 180 N–H and O–H groups in total. The van der Waals surface area contributed by atoms with Gasteiger partial charge in [0.15, 0.2) is 0 Å². The zero-order valence-electron chi connectivity index (χ0n) is 68.9. The Morgan fingerprint density at radius 1 is 0.0250 bits per heavy atom. The largest absolute Gasteiger partial charge is 1.00 e. The van der Waals surface area contributed by atoms with Crippen LogP contribution >= 0.6 is 0 Å². The summed E-state index contributed by atoms with van der Waals surface area (Å²) in [5.41, 5.74) is 0. The third-order valence-electron chi connectivity index (χ3n) is 0. The van der Waals surface area contributed by atoms with Gasteiger partial charge in [0.1, 0.15) is 0 Å². The zero-order valence-corrected chi connectivity index (χ0v) is 109. The summed E-state index contributed by atoms with van der Waals surface area (Å²) < 4.78 is 0. The van der Waals surface area contributed by atoms with Crippen LogP contribution in [0.15, 0.2) is 0 Å². The van der Waals surface area contributed by atoms with Crippen molar-refractivity contribution in [2.45, 2.75) is 0 Å². The van der Waals surface area contributed by atoms with Crippen molar-refractivity contribution in [2.24, 2.45) is 0 Å². The molecule has 0 saturated carbocycles. The van der Waals surface area contributed by atoms with Gasteiger partial charge in [-0.05, 0) is 0 Å². The van der Waals surface area contributed by atoms with E-state index in [4.69, 9.17) is 0 Å². The molecule has 0 unspecified atom stereocenters. The fourth-order valence-corrected chi connectivity index (χ4v) is 0. The quantitative estimate of drug-likeness (QED) is 0.203. The van der Waals surface area contributed by atoms with Crippen molar-refractivity contribution in [1.29, 1.82) is 0 Å². The molecule has 100 nitrogen and oxygen atoms in total. The van der Waals surface area contributed by atoms with Crippen LogP contribution < -0.4 is 591 Å². The van der Waals surface area contributed by atoms with Gasteiger partial charge in [-0.3, -0.25) is 0 Å². The minimum atomic E-state index is 0. The molecular formula is H180Na20O100. The second-order valence-electron chi connectivity index (χ2n) is 0. The molecular weight excluding hydrogens is 2060 g/mol. The maximum absolute atomic E-state index is 0. The van der Waals surface area contributed by atoms with Crippen LogP contribution in [0.2, 0.25) is 0 Å². The molecule has 0 atom stereocenters. The van der Waals surface area contributed by atoms with Crippen molar-refractivity contribution >= 4 is 0 Å². The average Bonchev–Trinajstić information content (AvgIpc) is 0. The van der Waals surface area contributed by atoms with Crippen molar-refractivity contribution < 1.29 is 1140 Å². The van der Waals surface area contributed by atoms with Crippen LogP contribution in [0.3, 0.4) is 0 Å². The Balaban J connectivity index is 0. The number of hydrogen-bond donors (Lipinski definition) is 0. The van der Waals surface area contributed by atoms with E-state index in [0.29, 0.717) is 0 Å². The standard InChI is InChI=1S/20Na.100H2O/h;;;;;;;;;;;;;;;;;;;;100*1H2/q20*+1;;;;;;;;;;;;;;;;;;;;;;;;;;;;;;;;;;;;;;;;;;;;;;;;;;;;;;;;;;;;;;;;;;;;;;;;;;;;;;;;;;;;;;;;;;;;;;;;;;;;/p-20.